The van der Waals surface area contributed by atoms with E-state index in [9.17, 15) is 5.11 Å². The van der Waals surface area contributed by atoms with Crippen molar-refractivity contribution in [3.8, 4) is 5.75 Å². The molecule has 5 aromatic rings. The van der Waals surface area contributed by atoms with E-state index in [4.69, 9.17) is 30.4 Å². The second kappa shape index (κ2) is 23.0. The number of aromatic hydroxyl groups is 1. The van der Waals surface area contributed by atoms with Crippen LogP contribution >= 0.6 is 0 Å². The number of hydrogen-bond donors (Lipinski definition) is 2. The number of aryl methyl sites for hydroxylation is 2. The van der Waals surface area contributed by atoms with Crippen molar-refractivity contribution in [3.63, 3.8) is 0 Å². The summed E-state index contributed by atoms with van der Waals surface area (Å²) in [6.45, 7) is 7.56. The van der Waals surface area contributed by atoms with Crippen LogP contribution in [-0.2, 0) is 31.3 Å². The van der Waals surface area contributed by atoms with E-state index < -0.39 is 0 Å². The van der Waals surface area contributed by atoms with Crippen LogP contribution < -0.4 is 0 Å². The first-order chi connectivity index (χ1) is 24.5. The van der Waals surface area contributed by atoms with E-state index >= 15 is 0 Å². The average Bonchev–Trinajstić information content (AvgIpc) is 3.14. The summed E-state index contributed by atoms with van der Waals surface area (Å²) in [6.07, 6.45) is 0.777. The summed E-state index contributed by atoms with van der Waals surface area (Å²) in [5.74, 6) is -0.0244. The van der Waals surface area contributed by atoms with Crippen LogP contribution in [0.4, 0.5) is 34.1 Å². The quantitative estimate of drug-likeness (QED) is 0.0551. The van der Waals surface area contributed by atoms with Gasteiger partial charge in [-0.05, 0) is 49.4 Å². The van der Waals surface area contributed by atoms with Crippen molar-refractivity contribution in [2.45, 2.75) is 20.3 Å². The Morgan fingerprint density at radius 2 is 1.31 bits per heavy atom. The number of aliphatic hydroxyl groups is 1. The molecule has 0 aliphatic heterocycles. The van der Waals surface area contributed by atoms with Crippen LogP contribution in [-0.4, -0.2) is 63.0 Å². The molecule has 0 atom stereocenters. The summed E-state index contributed by atoms with van der Waals surface area (Å²) in [5.41, 5.74) is 12.7. The number of aliphatic hydroxyl groups excluding tert-OH is 1. The molecule has 3 N–H and O–H groups in total. The molecule has 0 heterocycles. The molecule has 0 aliphatic rings. The van der Waals surface area contributed by atoms with Gasteiger partial charge in [0.25, 0.3) is 0 Å². The Labute approximate surface area is 310 Å². The predicted molar refractivity (Wildman–Crippen MR) is 199 cm³/mol. The Morgan fingerprint density at radius 1 is 0.667 bits per heavy atom. The Balaban J connectivity index is 0.000000400. The van der Waals surface area contributed by atoms with Crippen LogP contribution in [0.5, 0.6) is 5.75 Å². The first-order valence-corrected chi connectivity index (χ1v) is 16.5. The molecule has 0 saturated carbocycles. The van der Waals surface area contributed by atoms with Gasteiger partial charge in [-0.15, -0.1) is 23.0 Å². The molecule has 0 aromatic heterocycles. The Hall–Kier alpha value is -4.52. The molecule has 0 radical (unpaired) electrons. The van der Waals surface area contributed by atoms with Crippen molar-refractivity contribution >= 4 is 44.9 Å². The summed E-state index contributed by atoms with van der Waals surface area (Å²) < 4.78 is 15.3. The van der Waals surface area contributed by atoms with Gasteiger partial charge in [0.15, 0.2) is 0 Å². The Morgan fingerprint density at radius 3 is 2.02 bits per heavy atom. The molecule has 0 unspecified atom stereocenters. The summed E-state index contributed by atoms with van der Waals surface area (Å²) in [4.78, 5) is 0. The molecular weight excluding hydrogens is 696 g/mol. The van der Waals surface area contributed by atoms with Gasteiger partial charge in [0.2, 0.25) is 0 Å². The van der Waals surface area contributed by atoms with Gasteiger partial charge in [-0.3, -0.25) is 0 Å². The summed E-state index contributed by atoms with van der Waals surface area (Å²) >= 11 is 0. The Bertz CT molecular complexity index is 1790. The number of benzene rings is 5. The van der Waals surface area contributed by atoms with Crippen molar-refractivity contribution in [3.05, 3.63) is 125 Å². The van der Waals surface area contributed by atoms with Crippen LogP contribution in [0.2, 0.25) is 0 Å². The third-order valence-electron chi connectivity index (χ3n) is 7.19. The number of ether oxygens (including phenoxy) is 3. The van der Waals surface area contributed by atoms with Crippen LogP contribution in [0.1, 0.15) is 17.5 Å². The maximum Gasteiger partial charge on any atom is 1.00 e. The number of hydrogen-bond acceptors (Lipinski definition) is 9. The van der Waals surface area contributed by atoms with E-state index in [0.29, 0.717) is 68.9 Å². The van der Waals surface area contributed by atoms with Crippen molar-refractivity contribution in [1.82, 2.24) is 0 Å². The molecule has 272 valence electrons. The molecule has 5 rings (SSSR count). The van der Waals surface area contributed by atoms with Crippen molar-refractivity contribution < 1.29 is 41.5 Å². The van der Waals surface area contributed by atoms with E-state index in [2.05, 4.69) is 20.5 Å². The molecule has 0 spiro atoms. The zero-order chi connectivity index (χ0) is 35.4. The van der Waals surface area contributed by atoms with Crippen molar-refractivity contribution in [1.29, 1.82) is 0 Å². The molecule has 0 saturated heterocycles. The minimum atomic E-state index is -0.0244. The number of azo groups is 2. The van der Waals surface area contributed by atoms with Crippen LogP contribution in [0.15, 0.2) is 124 Å². The van der Waals surface area contributed by atoms with Crippen molar-refractivity contribution in [2.75, 3.05) is 52.8 Å². The second-order valence-electron chi connectivity index (χ2n) is 11.1. The van der Waals surface area contributed by atoms with Gasteiger partial charge in [0.05, 0.1) is 56.7 Å². The van der Waals surface area contributed by atoms with Gasteiger partial charge in [-0.25, -0.2) is 0 Å². The van der Waals surface area contributed by atoms with E-state index in [1.54, 1.807) is 12.1 Å². The zero-order valence-electron chi connectivity index (χ0n) is 28.8. The monoisotopic (exact) mass is 739 g/mol. The predicted octanol–water partition coefficient (Wildman–Crippen LogP) is 10.8. The third kappa shape index (κ3) is 14.0. The molecular formula is C39H44CuN6O5-. The molecule has 5 aromatic carbocycles. The molecule has 0 fully saturated rings. The zero-order valence-corrected chi connectivity index (χ0v) is 29.8. The molecule has 0 bridgehead atoms. The van der Waals surface area contributed by atoms with E-state index in [1.807, 2.05) is 105 Å². The van der Waals surface area contributed by atoms with E-state index in [0.717, 1.165) is 34.1 Å². The van der Waals surface area contributed by atoms with Gasteiger partial charge >= 0.3 is 17.1 Å². The van der Waals surface area contributed by atoms with Gasteiger partial charge < -0.3 is 35.5 Å². The van der Waals surface area contributed by atoms with E-state index in [1.165, 1.54) is 5.56 Å². The largest absolute Gasteiger partial charge is 1.00 e. The molecule has 11 nitrogen and oxygen atoms in total. The molecule has 12 heteroatoms. The summed E-state index contributed by atoms with van der Waals surface area (Å²) in [5, 5.41) is 43.3. The maximum atomic E-state index is 10.7. The summed E-state index contributed by atoms with van der Waals surface area (Å²) in [6, 6.07) is 32.7. The second-order valence-corrected chi connectivity index (χ2v) is 11.1. The summed E-state index contributed by atoms with van der Waals surface area (Å²) in [7, 11) is 0. The first-order valence-electron chi connectivity index (χ1n) is 16.5. The maximum absolute atomic E-state index is 10.7. The molecule has 0 aliphatic carbocycles. The number of phenols is 1. The number of rotatable bonds is 17. The minimum Gasteiger partial charge on any atom is -0.677 e. The number of nitrogens with zero attached hydrogens (tertiary/aromatic N) is 5. The fraction of sp³-hybridized carbons (Fsp3) is 0.282. The van der Waals surface area contributed by atoms with Gasteiger partial charge in [-0.2, -0.15) is 15.3 Å². The normalized spacial score (nSPS) is 11.1. The number of nitrogens with one attached hydrogen (secondary N) is 1. The smallest absolute Gasteiger partial charge is 0.677 e. The number of fused-ring (bicyclic) bond motifs is 1. The SMILES string of the molecule is Cc1ccc([N-]c2ccc3ccccc3c2N=Nc2cc(C)c(N=Nc3ccccc3)cc2O)cc1.[Cu+].[NH-]CCCOCCOCCOCCO. The van der Waals surface area contributed by atoms with Crippen LogP contribution in [0, 0.1) is 13.8 Å². The molecule has 0 amide bonds. The molecule has 51 heavy (non-hydrogen) atoms. The first kappa shape index (κ1) is 40.9. The van der Waals surface area contributed by atoms with Gasteiger partial charge in [-0.1, -0.05) is 84.4 Å². The van der Waals surface area contributed by atoms with Crippen molar-refractivity contribution in [2.24, 2.45) is 20.5 Å². The van der Waals surface area contributed by atoms with Crippen LogP contribution in [0.25, 0.3) is 21.8 Å². The van der Waals surface area contributed by atoms with E-state index in [-0.39, 0.29) is 29.4 Å². The van der Waals surface area contributed by atoms with Crippen LogP contribution in [0.3, 0.4) is 0 Å². The average molecular weight is 740 g/mol. The third-order valence-corrected chi connectivity index (χ3v) is 7.19. The fourth-order valence-electron chi connectivity index (χ4n) is 4.55. The topological polar surface area (TPSA) is 155 Å². The fourth-order valence-corrected chi connectivity index (χ4v) is 4.55. The van der Waals surface area contributed by atoms with Gasteiger partial charge in [0.1, 0.15) is 11.4 Å². The van der Waals surface area contributed by atoms with Gasteiger partial charge in [0, 0.05) is 18.1 Å². The Kier molecular flexibility index (Phi) is 18.5. The number of phenolic OH excluding ortho intramolecular Hbond substituents is 1. The standard InChI is InChI=1S/C30H24N5O.C9H20NO4.Cu/c1-20-12-15-23(16-13-20)31-26-17-14-22-8-6-7-11-25(22)30(26)35-34-28-18-21(2)27(19-29(28)36)33-32-24-9-4-3-5-10-24;10-2-1-4-12-6-8-14-9-7-13-5-3-11;/h3-19H,1-2H3,(H-,31,32,33,34,35,36);10-11H,1-9H2;/q2*-1;+1. The minimum absolute atomic E-state index is 0.